The molecule has 1 fully saturated rings. The van der Waals surface area contributed by atoms with E-state index in [-0.39, 0.29) is 11.9 Å². The minimum absolute atomic E-state index is 0.177. The van der Waals surface area contributed by atoms with E-state index in [0.717, 1.165) is 36.5 Å². The Labute approximate surface area is 125 Å². The quantitative estimate of drug-likeness (QED) is 0.837. The Bertz CT molecular complexity index is 663. The van der Waals surface area contributed by atoms with Crippen molar-refractivity contribution in [3.63, 3.8) is 0 Å². The highest BCUT2D eigenvalue weighted by molar-refractivity contribution is 5.79. The van der Waals surface area contributed by atoms with Crippen molar-refractivity contribution in [3.8, 4) is 0 Å². The number of rotatable bonds is 2. The Kier molecular flexibility index (Phi) is 3.68. The summed E-state index contributed by atoms with van der Waals surface area (Å²) < 4.78 is 1.99. The smallest absolute Gasteiger partial charge is 0.228 e. The second kappa shape index (κ2) is 5.48. The van der Waals surface area contributed by atoms with E-state index in [1.165, 1.54) is 0 Å². The molecule has 0 aromatic carbocycles. The van der Waals surface area contributed by atoms with Crippen LogP contribution in [0.2, 0.25) is 0 Å². The van der Waals surface area contributed by atoms with Crippen molar-refractivity contribution in [2.45, 2.75) is 26.3 Å². The summed E-state index contributed by atoms with van der Waals surface area (Å²) in [6, 6.07) is 4.31. The molecule has 3 heterocycles. The Morgan fingerprint density at radius 1 is 1.43 bits per heavy atom. The van der Waals surface area contributed by atoms with Gasteiger partial charge in [0.15, 0.2) is 0 Å². The monoisotopic (exact) mass is 286 g/mol. The van der Waals surface area contributed by atoms with E-state index in [2.05, 4.69) is 23.9 Å². The maximum atomic E-state index is 12.5. The number of pyridine rings is 1. The zero-order valence-corrected chi connectivity index (χ0v) is 12.9. The summed E-state index contributed by atoms with van der Waals surface area (Å²) in [6.45, 7) is 6.84. The Hall–Kier alpha value is -1.88. The number of fused-ring (bicyclic) bond motifs is 1. The first-order valence-corrected chi connectivity index (χ1v) is 7.46. The molecule has 1 unspecified atom stereocenters. The van der Waals surface area contributed by atoms with Gasteiger partial charge in [-0.3, -0.25) is 4.79 Å². The number of aromatic nitrogens is 2. The minimum atomic E-state index is 0.177. The third kappa shape index (κ3) is 2.78. The second-order valence-corrected chi connectivity index (χ2v) is 6.03. The molecular weight excluding hydrogens is 264 g/mol. The number of aryl methyl sites for hydroxylation is 1. The summed E-state index contributed by atoms with van der Waals surface area (Å²) in [7, 11) is 2.10. The fourth-order valence-corrected chi connectivity index (χ4v) is 3.06. The zero-order chi connectivity index (χ0) is 15.0. The van der Waals surface area contributed by atoms with Crippen LogP contribution in [0.4, 0.5) is 0 Å². The third-order valence-corrected chi connectivity index (χ3v) is 4.21. The second-order valence-electron chi connectivity index (χ2n) is 6.03. The average Bonchev–Trinajstić information content (AvgIpc) is 2.82. The highest BCUT2D eigenvalue weighted by atomic mass is 16.2. The first-order chi connectivity index (χ1) is 10.0. The van der Waals surface area contributed by atoms with Crippen LogP contribution >= 0.6 is 0 Å². The van der Waals surface area contributed by atoms with Crippen LogP contribution in [0.15, 0.2) is 24.5 Å². The van der Waals surface area contributed by atoms with Crippen molar-refractivity contribution in [2.24, 2.45) is 0 Å². The first-order valence-electron chi connectivity index (χ1n) is 7.46. The fraction of sp³-hybridized carbons (Fsp3) is 0.500. The van der Waals surface area contributed by atoms with E-state index < -0.39 is 0 Å². The van der Waals surface area contributed by atoms with Gasteiger partial charge in [0.1, 0.15) is 5.65 Å². The number of carbonyl (C=O) groups is 1. The largest absolute Gasteiger partial charge is 0.337 e. The molecule has 2 aromatic heterocycles. The molecule has 0 aliphatic carbocycles. The molecule has 5 heteroatoms. The number of nitrogens with zero attached hydrogens (tertiary/aromatic N) is 4. The van der Waals surface area contributed by atoms with Gasteiger partial charge in [-0.05, 0) is 32.5 Å². The number of amides is 1. The summed E-state index contributed by atoms with van der Waals surface area (Å²) in [5, 5.41) is 0. The molecule has 0 N–H and O–H groups in total. The summed E-state index contributed by atoms with van der Waals surface area (Å²) in [5.74, 6) is 0.177. The van der Waals surface area contributed by atoms with Crippen LogP contribution in [0.1, 0.15) is 18.2 Å². The summed E-state index contributed by atoms with van der Waals surface area (Å²) in [4.78, 5) is 21.3. The number of imidazole rings is 1. The Morgan fingerprint density at radius 2 is 2.24 bits per heavy atom. The molecule has 1 atom stereocenters. The lowest BCUT2D eigenvalue weighted by Crippen LogP contribution is -2.53. The average molecular weight is 286 g/mol. The molecule has 2 aromatic rings. The molecule has 1 aliphatic rings. The van der Waals surface area contributed by atoms with Gasteiger partial charge in [0.25, 0.3) is 0 Å². The van der Waals surface area contributed by atoms with Crippen molar-refractivity contribution in [2.75, 3.05) is 26.7 Å². The van der Waals surface area contributed by atoms with E-state index in [1.807, 2.05) is 40.8 Å². The minimum Gasteiger partial charge on any atom is -0.337 e. The number of hydrogen-bond donors (Lipinski definition) is 0. The van der Waals surface area contributed by atoms with E-state index in [4.69, 9.17) is 0 Å². The lowest BCUT2D eigenvalue weighted by molar-refractivity contribution is -0.134. The van der Waals surface area contributed by atoms with Crippen molar-refractivity contribution in [1.82, 2.24) is 19.2 Å². The van der Waals surface area contributed by atoms with E-state index >= 15 is 0 Å². The number of piperazine rings is 1. The maximum Gasteiger partial charge on any atom is 0.228 e. The van der Waals surface area contributed by atoms with Gasteiger partial charge in [0, 0.05) is 38.1 Å². The van der Waals surface area contributed by atoms with Gasteiger partial charge in [-0.15, -0.1) is 0 Å². The molecule has 0 spiro atoms. The fourth-order valence-electron chi connectivity index (χ4n) is 3.06. The van der Waals surface area contributed by atoms with Crippen LogP contribution in [-0.4, -0.2) is 57.8 Å². The molecule has 1 amide bonds. The Morgan fingerprint density at radius 3 is 2.95 bits per heavy atom. The van der Waals surface area contributed by atoms with Gasteiger partial charge < -0.3 is 14.2 Å². The number of hydrogen-bond acceptors (Lipinski definition) is 3. The molecule has 5 nitrogen and oxygen atoms in total. The van der Waals surface area contributed by atoms with Crippen molar-refractivity contribution >= 4 is 11.6 Å². The summed E-state index contributed by atoms with van der Waals surface area (Å²) in [6.07, 6.45) is 4.32. The van der Waals surface area contributed by atoms with Gasteiger partial charge in [-0.25, -0.2) is 4.98 Å². The molecule has 1 aliphatic heterocycles. The van der Waals surface area contributed by atoms with Gasteiger partial charge in [-0.1, -0.05) is 6.07 Å². The van der Waals surface area contributed by atoms with Gasteiger partial charge in [0.05, 0.1) is 12.1 Å². The normalized spacial score (nSPS) is 20.1. The maximum absolute atomic E-state index is 12.5. The number of carbonyl (C=O) groups excluding carboxylic acids is 1. The summed E-state index contributed by atoms with van der Waals surface area (Å²) >= 11 is 0. The van der Waals surface area contributed by atoms with Gasteiger partial charge in [-0.2, -0.15) is 0 Å². The van der Waals surface area contributed by atoms with E-state index in [1.54, 1.807) is 0 Å². The molecule has 0 bridgehead atoms. The topological polar surface area (TPSA) is 40.9 Å². The van der Waals surface area contributed by atoms with Crippen LogP contribution in [-0.2, 0) is 11.2 Å². The van der Waals surface area contributed by atoms with Crippen molar-refractivity contribution < 1.29 is 4.79 Å². The molecule has 21 heavy (non-hydrogen) atoms. The van der Waals surface area contributed by atoms with Crippen LogP contribution < -0.4 is 0 Å². The predicted molar refractivity (Wildman–Crippen MR) is 82.3 cm³/mol. The molecule has 112 valence electrons. The lowest BCUT2D eigenvalue weighted by Gasteiger charge is -2.38. The summed E-state index contributed by atoms with van der Waals surface area (Å²) in [5.41, 5.74) is 2.91. The van der Waals surface area contributed by atoms with E-state index in [0.29, 0.717) is 6.42 Å². The van der Waals surface area contributed by atoms with Crippen LogP contribution in [0.3, 0.4) is 0 Å². The molecule has 1 saturated heterocycles. The van der Waals surface area contributed by atoms with Crippen molar-refractivity contribution in [1.29, 1.82) is 0 Å². The van der Waals surface area contributed by atoms with Crippen LogP contribution in [0.5, 0.6) is 0 Å². The molecule has 0 radical (unpaired) electrons. The van der Waals surface area contributed by atoms with Crippen molar-refractivity contribution in [3.05, 3.63) is 35.8 Å². The molecule has 3 rings (SSSR count). The molecule has 0 saturated carbocycles. The highest BCUT2D eigenvalue weighted by Gasteiger charge is 2.26. The predicted octanol–water partition coefficient (Wildman–Crippen LogP) is 1.35. The van der Waals surface area contributed by atoms with Gasteiger partial charge >= 0.3 is 0 Å². The molecular formula is C16H22N4O. The lowest BCUT2D eigenvalue weighted by atomic mass is 10.1. The highest BCUT2D eigenvalue weighted by Crippen LogP contribution is 2.13. The van der Waals surface area contributed by atoms with Crippen LogP contribution in [0.25, 0.3) is 5.65 Å². The zero-order valence-electron chi connectivity index (χ0n) is 12.9. The Balaban J connectivity index is 1.75. The third-order valence-electron chi connectivity index (χ3n) is 4.21. The SMILES string of the molecule is Cc1cccn2cc(CC(=O)N3CCN(C)CC3C)nc12. The number of likely N-dealkylation sites (N-methyl/N-ethyl adjacent to an activating group) is 1. The van der Waals surface area contributed by atoms with E-state index in [9.17, 15) is 4.79 Å². The van der Waals surface area contributed by atoms with Gasteiger partial charge in [0.2, 0.25) is 5.91 Å². The van der Waals surface area contributed by atoms with Crippen LogP contribution in [0, 0.1) is 6.92 Å². The standard InChI is InChI=1S/C16H22N4O/c1-12-5-4-6-19-11-14(17-16(12)19)9-15(21)20-8-7-18(3)10-13(20)2/h4-6,11,13H,7-10H2,1-3H3. The first kappa shape index (κ1) is 14.1.